The number of nitrogens with one attached hydrogen (secondary N) is 2. The van der Waals surface area contributed by atoms with Crippen LogP contribution < -0.4 is 10.7 Å². The van der Waals surface area contributed by atoms with Gasteiger partial charge >= 0.3 is 0 Å². The van der Waals surface area contributed by atoms with Crippen molar-refractivity contribution in [3.8, 4) is 0 Å². The van der Waals surface area contributed by atoms with Crippen molar-refractivity contribution in [1.82, 2.24) is 9.97 Å². The van der Waals surface area contributed by atoms with Crippen molar-refractivity contribution in [2.24, 2.45) is 0 Å². The number of hydrogen-bond acceptors (Lipinski definition) is 3. The molecule has 1 aliphatic carbocycles. The largest absolute Gasteiger partial charge is 0.364 e. The molecule has 0 saturated heterocycles. The van der Waals surface area contributed by atoms with Crippen molar-refractivity contribution in [2.75, 3.05) is 5.32 Å². The average Bonchev–Trinajstić information content (AvgIpc) is 2.51. The molecule has 0 aromatic carbocycles. The van der Waals surface area contributed by atoms with E-state index in [1.165, 1.54) is 0 Å². The zero-order valence-electron chi connectivity index (χ0n) is 11.7. The number of carbonyl (C=O) groups is 1. The molecule has 2 N–H and O–H groups in total. The number of hydrogen-bond donors (Lipinski definition) is 2. The molecule has 0 fully saturated rings. The molecule has 1 aliphatic rings. The number of fused-ring (bicyclic) bond motifs is 1. The van der Waals surface area contributed by atoms with Crippen LogP contribution in [0.5, 0.6) is 0 Å². The Morgan fingerprint density at radius 3 is 3.00 bits per heavy atom. The van der Waals surface area contributed by atoms with E-state index in [9.17, 15) is 9.59 Å². The van der Waals surface area contributed by atoms with Crippen LogP contribution in [-0.2, 0) is 24.1 Å². The third kappa shape index (κ3) is 3.02. The minimum absolute atomic E-state index is 0.0183. The summed E-state index contributed by atoms with van der Waals surface area (Å²) >= 11 is 0. The number of aromatic amines is 1. The van der Waals surface area contributed by atoms with Crippen LogP contribution >= 0.6 is 0 Å². The summed E-state index contributed by atoms with van der Waals surface area (Å²) in [4.78, 5) is 31.5. The van der Waals surface area contributed by atoms with E-state index in [1.807, 2.05) is 0 Å². The molecule has 2 aromatic heterocycles. The minimum Gasteiger partial charge on any atom is -0.364 e. The van der Waals surface area contributed by atoms with E-state index in [-0.39, 0.29) is 17.8 Å². The molecular weight excluding hydrogens is 266 g/mol. The lowest BCUT2D eigenvalue weighted by Crippen LogP contribution is -2.25. The highest BCUT2D eigenvalue weighted by molar-refractivity contribution is 5.92. The molecule has 0 unspecified atom stereocenters. The molecule has 0 atom stereocenters. The fourth-order valence-electron chi connectivity index (χ4n) is 2.69. The zero-order valence-corrected chi connectivity index (χ0v) is 11.7. The zero-order chi connectivity index (χ0) is 14.7. The highest BCUT2D eigenvalue weighted by Crippen LogP contribution is 2.16. The van der Waals surface area contributed by atoms with Crippen LogP contribution in [0.3, 0.4) is 0 Å². The smallest absolute Gasteiger partial charge is 0.229 e. The molecule has 5 heteroatoms. The van der Waals surface area contributed by atoms with Crippen LogP contribution in [0.25, 0.3) is 0 Å². The monoisotopic (exact) mass is 283 g/mol. The lowest BCUT2D eigenvalue weighted by molar-refractivity contribution is -0.115. The number of pyridine rings is 2. The van der Waals surface area contributed by atoms with Crippen molar-refractivity contribution in [2.45, 2.75) is 32.1 Å². The fraction of sp³-hybridized carbons (Fsp3) is 0.312. The first-order valence-electron chi connectivity index (χ1n) is 7.16. The molecule has 2 aromatic rings. The van der Waals surface area contributed by atoms with E-state index in [4.69, 9.17) is 0 Å². The van der Waals surface area contributed by atoms with Gasteiger partial charge in [0.05, 0.1) is 18.3 Å². The molecule has 0 radical (unpaired) electrons. The third-order valence-corrected chi connectivity index (χ3v) is 3.75. The number of H-pyrrole nitrogens is 1. The van der Waals surface area contributed by atoms with Crippen LogP contribution in [0.1, 0.15) is 29.7 Å². The molecule has 0 aliphatic heterocycles. The predicted octanol–water partition coefficient (Wildman–Crippen LogP) is 1.83. The predicted molar refractivity (Wildman–Crippen MR) is 80.3 cm³/mol. The van der Waals surface area contributed by atoms with E-state index < -0.39 is 0 Å². The first-order valence-corrected chi connectivity index (χ1v) is 7.16. The van der Waals surface area contributed by atoms with Crippen molar-refractivity contribution in [3.05, 3.63) is 57.8 Å². The Kier molecular flexibility index (Phi) is 3.81. The summed E-state index contributed by atoms with van der Waals surface area (Å²) in [6, 6.07) is 3.52. The number of aromatic nitrogens is 2. The average molecular weight is 283 g/mol. The molecule has 2 heterocycles. The van der Waals surface area contributed by atoms with Crippen LogP contribution in [-0.4, -0.2) is 15.9 Å². The fourth-order valence-corrected chi connectivity index (χ4v) is 2.69. The number of amides is 1. The standard InChI is InChI=1S/C16H17N3O2/c20-15(19-12-4-3-7-17-10-12)8-11-9-18-14-6-2-1-5-13(14)16(11)21/h3-4,7,9-10H,1-2,5-6,8H2,(H,18,21)(H,19,20). The Labute approximate surface area is 122 Å². The van der Waals surface area contributed by atoms with Gasteiger partial charge in [-0.25, -0.2) is 0 Å². The van der Waals surface area contributed by atoms with Crippen molar-refractivity contribution >= 4 is 11.6 Å². The van der Waals surface area contributed by atoms with Crippen LogP contribution in [0, 0.1) is 0 Å². The lowest BCUT2D eigenvalue weighted by Gasteiger charge is -2.15. The Morgan fingerprint density at radius 1 is 1.33 bits per heavy atom. The summed E-state index contributed by atoms with van der Waals surface area (Å²) in [6.45, 7) is 0. The van der Waals surface area contributed by atoms with Gasteiger partial charge in [-0.2, -0.15) is 0 Å². The maximum absolute atomic E-state index is 12.4. The second kappa shape index (κ2) is 5.91. The highest BCUT2D eigenvalue weighted by atomic mass is 16.1. The molecular formula is C16H17N3O2. The maximum Gasteiger partial charge on any atom is 0.229 e. The van der Waals surface area contributed by atoms with Crippen LogP contribution in [0.4, 0.5) is 5.69 Å². The van der Waals surface area contributed by atoms with Crippen molar-refractivity contribution < 1.29 is 4.79 Å². The van der Waals surface area contributed by atoms with Gasteiger partial charge in [-0.15, -0.1) is 0 Å². The third-order valence-electron chi connectivity index (χ3n) is 3.75. The van der Waals surface area contributed by atoms with Gasteiger partial charge in [-0.05, 0) is 37.8 Å². The number of carbonyl (C=O) groups excluding carboxylic acids is 1. The normalized spacial score (nSPS) is 13.5. The SMILES string of the molecule is O=C(Cc1c[nH]c2c(c1=O)CCCC2)Nc1cccnc1. The molecule has 3 rings (SSSR count). The Morgan fingerprint density at radius 2 is 2.19 bits per heavy atom. The number of anilines is 1. The minimum atomic E-state index is -0.204. The van der Waals surface area contributed by atoms with Crippen LogP contribution in [0.15, 0.2) is 35.5 Å². The lowest BCUT2D eigenvalue weighted by atomic mass is 9.94. The van der Waals surface area contributed by atoms with Crippen molar-refractivity contribution in [1.29, 1.82) is 0 Å². The van der Waals surface area contributed by atoms with Crippen molar-refractivity contribution in [3.63, 3.8) is 0 Å². The van der Waals surface area contributed by atoms with Gasteiger partial charge in [0.1, 0.15) is 0 Å². The molecule has 108 valence electrons. The molecule has 1 amide bonds. The van der Waals surface area contributed by atoms with E-state index in [2.05, 4.69) is 15.3 Å². The summed E-state index contributed by atoms with van der Waals surface area (Å²) in [7, 11) is 0. The van der Waals surface area contributed by atoms with Gasteiger partial charge in [-0.1, -0.05) is 0 Å². The second-order valence-corrected chi connectivity index (χ2v) is 5.27. The first-order chi connectivity index (χ1) is 10.2. The quantitative estimate of drug-likeness (QED) is 0.902. The number of nitrogens with zero attached hydrogens (tertiary/aromatic N) is 1. The summed E-state index contributed by atoms with van der Waals surface area (Å²) < 4.78 is 0. The highest BCUT2D eigenvalue weighted by Gasteiger charge is 2.16. The van der Waals surface area contributed by atoms with Gasteiger partial charge in [0.25, 0.3) is 0 Å². The molecule has 0 saturated carbocycles. The Hall–Kier alpha value is -2.43. The molecule has 21 heavy (non-hydrogen) atoms. The second-order valence-electron chi connectivity index (χ2n) is 5.27. The summed E-state index contributed by atoms with van der Waals surface area (Å²) in [6.07, 6.45) is 8.87. The topological polar surface area (TPSA) is 74.8 Å². The van der Waals surface area contributed by atoms with E-state index in [0.717, 1.165) is 36.9 Å². The Bertz CT molecular complexity index is 707. The van der Waals surface area contributed by atoms with E-state index in [0.29, 0.717) is 11.3 Å². The molecule has 0 spiro atoms. The van der Waals surface area contributed by atoms with Crippen LogP contribution in [0.2, 0.25) is 0 Å². The summed E-state index contributed by atoms with van der Waals surface area (Å²) in [5.41, 5.74) is 3.06. The van der Waals surface area contributed by atoms with E-state index in [1.54, 1.807) is 30.7 Å². The van der Waals surface area contributed by atoms with Gasteiger partial charge in [0.2, 0.25) is 5.91 Å². The van der Waals surface area contributed by atoms with Gasteiger partial charge in [-0.3, -0.25) is 14.6 Å². The van der Waals surface area contributed by atoms with E-state index >= 15 is 0 Å². The maximum atomic E-state index is 12.4. The number of aryl methyl sites for hydroxylation is 1. The van der Waals surface area contributed by atoms with Gasteiger partial charge in [0.15, 0.2) is 5.43 Å². The first kappa shape index (κ1) is 13.5. The van der Waals surface area contributed by atoms with Gasteiger partial charge in [0, 0.05) is 29.2 Å². The molecule has 5 nitrogen and oxygen atoms in total. The Balaban J connectivity index is 1.76. The molecule has 0 bridgehead atoms. The summed E-state index contributed by atoms with van der Waals surface area (Å²) in [5, 5.41) is 2.74. The van der Waals surface area contributed by atoms with Gasteiger partial charge < -0.3 is 10.3 Å². The summed E-state index contributed by atoms with van der Waals surface area (Å²) in [5.74, 6) is -0.204. The number of rotatable bonds is 3.